The van der Waals surface area contributed by atoms with Crippen LogP contribution >= 0.6 is 23.4 Å². The van der Waals surface area contributed by atoms with Crippen LogP contribution in [0.2, 0.25) is 5.02 Å². The van der Waals surface area contributed by atoms with Gasteiger partial charge in [0.1, 0.15) is 0 Å². The third-order valence-electron chi connectivity index (χ3n) is 2.77. The first-order chi connectivity index (χ1) is 10.2. The van der Waals surface area contributed by atoms with E-state index in [-0.39, 0.29) is 10.7 Å². The molecule has 0 radical (unpaired) electrons. The van der Waals surface area contributed by atoms with E-state index in [1.54, 1.807) is 19.9 Å². The SMILES string of the molecule is CC(C)(O)CSc1ccc(NC(=O)[C@@](C)(O)C(F)(F)F)c(Cl)c1. The van der Waals surface area contributed by atoms with Crippen LogP contribution < -0.4 is 5.32 Å². The molecule has 1 aromatic carbocycles. The zero-order valence-corrected chi connectivity index (χ0v) is 14.2. The van der Waals surface area contributed by atoms with Crippen LogP contribution in [0.3, 0.4) is 0 Å². The number of amides is 1. The largest absolute Gasteiger partial charge is 0.426 e. The molecule has 1 aromatic rings. The Morgan fingerprint density at radius 1 is 1.26 bits per heavy atom. The molecule has 0 saturated carbocycles. The second-order valence-corrected chi connectivity index (χ2v) is 7.22. The van der Waals surface area contributed by atoms with Gasteiger partial charge in [-0.1, -0.05) is 11.6 Å². The molecule has 0 spiro atoms. The highest BCUT2D eigenvalue weighted by Gasteiger charge is 2.55. The molecule has 0 unspecified atom stereocenters. The molecule has 0 aliphatic carbocycles. The molecule has 0 heterocycles. The summed E-state index contributed by atoms with van der Waals surface area (Å²) >= 11 is 7.24. The molecule has 0 bridgehead atoms. The highest BCUT2D eigenvalue weighted by molar-refractivity contribution is 7.99. The molecule has 4 nitrogen and oxygen atoms in total. The standard InChI is InChI=1S/C14H17ClF3NO3S/c1-12(2,21)7-23-8-4-5-10(9(15)6-8)19-11(20)13(3,22)14(16,17)18/h4-6,21-22H,7H2,1-3H3,(H,19,20)/t13-/m1/s1. The molecule has 1 rings (SSSR count). The number of alkyl halides is 3. The van der Waals surface area contributed by atoms with Crippen LogP contribution in [0, 0.1) is 0 Å². The van der Waals surface area contributed by atoms with Crippen LogP contribution in [-0.2, 0) is 4.79 Å². The maximum atomic E-state index is 12.6. The van der Waals surface area contributed by atoms with Gasteiger partial charge in [-0.2, -0.15) is 13.2 Å². The van der Waals surface area contributed by atoms with E-state index in [0.717, 1.165) is 0 Å². The summed E-state index contributed by atoms with van der Waals surface area (Å²) in [6, 6.07) is 4.33. The first kappa shape index (κ1) is 20.1. The van der Waals surface area contributed by atoms with Crippen molar-refractivity contribution in [3.63, 3.8) is 0 Å². The molecule has 23 heavy (non-hydrogen) atoms. The third-order valence-corrected chi connectivity index (χ3v) is 4.53. The minimum atomic E-state index is -5.11. The van der Waals surface area contributed by atoms with Crippen molar-refractivity contribution in [2.45, 2.75) is 43.0 Å². The third kappa shape index (κ3) is 5.56. The number of anilines is 1. The lowest BCUT2D eigenvalue weighted by Crippen LogP contribution is -2.52. The maximum absolute atomic E-state index is 12.6. The van der Waals surface area contributed by atoms with Crippen molar-refractivity contribution in [1.29, 1.82) is 0 Å². The van der Waals surface area contributed by atoms with Gasteiger partial charge in [0, 0.05) is 10.6 Å². The smallest absolute Gasteiger partial charge is 0.390 e. The zero-order chi connectivity index (χ0) is 18.1. The monoisotopic (exact) mass is 371 g/mol. The number of carbonyl (C=O) groups is 1. The number of thioether (sulfide) groups is 1. The van der Waals surface area contributed by atoms with Crippen molar-refractivity contribution < 1.29 is 28.2 Å². The Bertz CT molecular complexity index is 586. The van der Waals surface area contributed by atoms with Crippen LogP contribution in [0.25, 0.3) is 0 Å². The number of hydrogen-bond acceptors (Lipinski definition) is 4. The average Bonchev–Trinajstić information content (AvgIpc) is 2.36. The predicted octanol–water partition coefficient (Wildman–Crippen LogP) is 3.45. The van der Waals surface area contributed by atoms with Crippen molar-refractivity contribution in [2.75, 3.05) is 11.1 Å². The molecule has 130 valence electrons. The molecule has 0 fully saturated rings. The maximum Gasteiger partial charge on any atom is 0.426 e. The van der Waals surface area contributed by atoms with Gasteiger partial charge in [0.05, 0.1) is 16.3 Å². The van der Waals surface area contributed by atoms with Gasteiger partial charge in [0.2, 0.25) is 5.60 Å². The first-order valence-corrected chi connectivity index (χ1v) is 7.86. The summed E-state index contributed by atoms with van der Waals surface area (Å²) in [5.74, 6) is -1.23. The van der Waals surface area contributed by atoms with Crippen LogP contribution in [0.5, 0.6) is 0 Å². The van der Waals surface area contributed by atoms with E-state index in [4.69, 9.17) is 11.6 Å². The summed E-state index contributed by atoms with van der Waals surface area (Å²) in [6.45, 7) is 3.63. The second kappa shape index (κ2) is 6.88. The highest BCUT2D eigenvalue weighted by atomic mass is 35.5. The number of carbonyl (C=O) groups excluding carboxylic acids is 1. The van der Waals surface area contributed by atoms with E-state index in [0.29, 0.717) is 17.6 Å². The fourth-order valence-corrected chi connectivity index (χ4v) is 2.50. The minimum absolute atomic E-state index is 0.0251. The van der Waals surface area contributed by atoms with Crippen molar-refractivity contribution in [3.8, 4) is 0 Å². The van der Waals surface area contributed by atoms with E-state index in [1.165, 1.54) is 23.9 Å². The zero-order valence-electron chi connectivity index (χ0n) is 12.7. The lowest BCUT2D eigenvalue weighted by molar-refractivity contribution is -0.242. The normalized spacial score (nSPS) is 15.2. The van der Waals surface area contributed by atoms with Gasteiger partial charge in [-0.25, -0.2) is 0 Å². The summed E-state index contributed by atoms with van der Waals surface area (Å²) in [5.41, 5.74) is -4.46. The summed E-state index contributed by atoms with van der Waals surface area (Å²) in [7, 11) is 0. The fourth-order valence-electron chi connectivity index (χ4n) is 1.32. The van der Waals surface area contributed by atoms with Gasteiger partial charge in [0.25, 0.3) is 5.91 Å². The molecule has 0 aliphatic rings. The van der Waals surface area contributed by atoms with Gasteiger partial charge in [-0.05, 0) is 39.0 Å². The Hall–Kier alpha value is -0.960. The Labute approximate surface area is 141 Å². The molecule has 0 saturated heterocycles. The van der Waals surface area contributed by atoms with Crippen molar-refractivity contribution in [1.82, 2.24) is 0 Å². The molecule has 0 aromatic heterocycles. The summed E-state index contributed by atoms with van der Waals surface area (Å²) in [5, 5.41) is 20.9. The minimum Gasteiger partial charge on any atom is -0.390 e. The number of benzene rings is 1. The first-order valence-electron chi connectivity index (χ1n) is 6.49. The number of aliphatic hydroxyl groups is 2. The predicted molar refractivity (Wildman–Crippen MR) is 83.8 cm³/mol. The molecule has 3 N–H and O–H groups in total. The molecular weight excluding hydrogens is 355 g/mol. The van der Waals surface area contributed by atoms with Gasteiger partial charge in [-0.15, -0.1) is 11.8 Å². The van der Waals surface area contributed by atoms with Crippen molar-refractivity contribution >= 4 is 35.0 Å². The van der Waals surface area contributed by atoms with E-state index in [2.05, 4.69) is 0 Å². The quantitative estimate of drug-likeness (QED) is 0.693. The van der Waals surface area contributed by atoms with E-state index >= 15 is 0 Å². The highest BCUT2D eigenvalue weighted by Crippen LogP contribution is 2.33. The Morgan fingerprint density at radius 2 is 1.83 bits per heavy atom. The molecule has 1 atom stereocenters. The Morgan fingerprint density at radius 3 is 2.26 bits per heavy atom. The van der Waals surface area contributed by atoms with Crippen molar-refractivity contribution in [3.05, 3.63) is 23.2 Å². The summed E-state index contributed by atoms with van der Waals surface area (Å²) in [6.07, 6.45) is -5.11. The van der Waals surface area contributed by atoms with Crippen LogP contribution in [0.1, 0.15) is 20.8 Å². The number of rotatable bonds is 5. The van der Waals surface area contributed by atoms with Crippen LogP contribution in [-0.4, -0.2) is 39.3 Å². The fraction of sp³-hybridized carbons (Fsp3) is 0.500. The molecular formula is C14H17ClF3NO3S. The van der Waals surface area contributed by atoms with Crippen LogP contribution in [0.15, 0.2) is 23.1 Å². The lowest BCUT2D eigenvalue weighted by Gasteiger charge is -2.25. The second-order valence-electron chi connectivity index (χ2n) is 5.77. The molecule has 0 aliphatic heterocycles. The Kier molecular flexibility index (Phi) is 6.01. The Balaban J connectivity index is 2.86. The topological polar surface area (TPSA) is 69.6 Å². The van der Waals surface area contributed by atoms with Gasteiger partial charge >= 0.3 is 6.18 Å². The average molecular weight is 372 g/mol. The van der Waals surface area contributed by atoms with Gasteiger partial charge < -0.3 is 15.5 Å². The molecule has 9 heteroatoms. The van der Waals surface area contributed by atoms with E-state index in [1.807, 2.05) is 5.32 Å². The van der Waals surface area contributed by atoms with E-state index < -0.39 is 23.3 Å². The van der Waals surface area contributed by atoms with E-state index in [9.17, 15) is 28.2 Å². The van der Waals surface area contributed by atoms with Crippen molar-refractivity contribution in [2.24, 2.45) is 0 Å². The van der Waals surface area contributed by atoms with Gasteiger partial charge in [0.15, 0.2) is 0 Å². The van der Waals surface area contributed by atoms with Crippen LogP contribution in [0.4, 0.5) is 18.9 Å². The number of halogens is 4. The molecule has 1 amide bonds. The summed E-state index contributed by atoms with van der Waals surface area (Å²) < 4.78 is 37.8. The van der Waals surface area contributed by atoms with Gasteiger partial charge in [-0.3, -0.25) is 4.79 Å². The summed E-state index contributed by atoms with van der Waals surface area (Å²) in [4.78, 5) is 12.3. The number of hydrogen-bond donors (Lipinski definition) is 3. The lowest BCUT2D eigenvalue weighted by atomic mass is 10.1. The number of nitrogens with one attached hydrogen (secondary N) is 1.